The van der Waals surface area contributed by atoms with Gasteiger partial charge in [0.25, 0.3) is 0 Å². The van der Waals surface area contributed by atoms with Crippen LogP contribution in [0.1, 0.15) is 25.5 Å². The molecule has 4 nitrogen and oxygen atoms in total. The highest BCUT2D eigenvalue weighted by Gasteiger charge is 2.29. The first-order valence-electron chi connectivity index (χ1n) is 6.32. The van der Waals surface area contributed by atoms with E-state index in [9.17, 15) is 8.42 Å². The summed E-state index contributed by atoms with van der Waals surface area (Å²) in [5, 5.41) is 0.626. The van der Waals surface area contributed by atoms with Crippen LogP contribution < -0.4 is 10.6 Å². The van der Waals surface area contributed by atoms with E-state index < -0.39 is 9.84 Å². The normalized spacial score (nSPS) is 24.2. The van der Waals surface area contributed by atoms with E-state index >= 15 is 0 Å². The summed E-state index contributed by atoms with van der Waals surface area (Å²) in [6.07, 6.45) is 0. The number of rotatable bonds is 2. The van der Waals surface area contributed by atoms with Crippen molar-refractivity contribution in [2.75, 3.05) is 23.0 Å². The molecule has 2 N–H and O–H groups in total. The zero-order valence-electron chi connectivity index (χ0n) is 11.1. The molecule has 1 aliphatic rings. The van der Waals surface area contributed by atoms with E-state index in [1.165, 1.54) is 0 Å². The number of halogens is 1. The van der Waals surface area contributed by atoms with Gasteiger partial charge in [0.2, 0.25) is 0 Å². The summed E-state index contributed by atoms with van der Waals surface area (Å²) >= 11 is 6.30. The van der Waals surface area contributed by atoms with Crippen molar-refractivity contribution in [1.82, 2.24) is 0 Å². The van der Waals surface area contributed by atoms with Crippen molar-refractivity contribution in [3.8, 4) is 0 Å². The summed E-state index contributed by atoms with van der Waals surface area (Å²) in [6.45, 7) is 4.30. The molecule has 1 aliphatic heterocycles. The van der Waals surface area contributed by atoms with Crippen molar-refractivity contribution in [1.29, 1.82) is 0 Å². The van der Waals surface area contributed by atoms with Crippen LogP contribution in [0.25, 0.3) is 0 Å². The molecule has 1 aromatic rings. The number of benzene rings is 1. The second-order valence-corrected chi connectivity index (χ2v) is 7.79. The Morgan fingerprint density at radius 1 is 1.47 bits per heavy atom. The van der Waals surface area contributed by atoms with Gasteiger partial charge in [0, 0.05) is 18.6 Å². The lowest BCUT2D eigenvalue weighted by molar-refractivity contribution is 0.568. The van der Waals surface area contributed by atoms with E-state index in [4.69, 9.17) is 17.3 Å². The van der Waals surface area contributed by atoms with Gasteiger partial charge in [-0.1, -0.05) is 17.7 Å². The number of sulfone groups is 1. The molecule has 106 valence electrons. The number of anilines is 1. The van der Waals surface area contributed by atoms with Gasteiger partial charge in [-0.15, -0.1) is 0 Å². The molecule has 1 fully saturated rings. The smallest absolute Gasteiger partial charge is 0.154 e. The fourth-order valence-electron chi connectivity index (χ4n) is 2.40. The minimum atomic E-state index is -2.91. The molecule has 2 rings (SSSR count). The summed E-state index contributed by atoms with van der Waals surface area (Å²) in [4.78, 5) is 2.05. The molecule has 19 heavy (non-hydrogen) atoms. The van der Waals surface area contributed by atoms with Gasteiger partial charge < -0.3 is 10.6 Å². The monoisotopic (exact) mass is 302 g/mol. The fourth-order valence-corrected chi connectivity index (χ4v) is 4.25. The SMILES string of the molecule is CC(N)c1ccc(N2CCS(=O)(=O)CC2C)c(Cl)c1. The highest BCUT2D eigenvalue weighted by molar-refractivity contribution is 7.91. The van der Waals surface area contributed by atoms with Crippen LogP contribution in [0.4, 0.5) is 5.69 Å². The van der Waals surface area contributed by atoms with Crippen LogP contribution in [0.5, 0.6) is 0 Å². The summed E-state index contributed by atoms with van der Waals surface area (Å²) in [5.41, 5.74) is 7.68. The van der Waals surface area contributed by atoms with Gasteiger partial charge in [0.05, 0.1) is 22.2 Å². The molecule has 2 atom stereocenters. The van der Waals surface area contributed by atoms with E-state index in [-0.39, 0.29) is 23.6 Å². The molecule has 1 heterocycles. The molecule has 0 aliphatic carbocycles. The van der Waals surface area contributed by atoms with E-state index in [0.29, 0.717) is 11.6 Å². The molecule has 0 spiro atoms. The Hall–Kier alpha value is -0.780. The van der Waals surface area contributed by atoms with Crippen LogP contribution in [-0.2, 0) is 9.84 Å². The molecule has 6 heteroatoms. The lowest BCUT2D eigenvalue weighted by Crippen LogP contribution is -2.47. The molecule has 0 aromatic heterocycles. The Bertz CT molecular complexity index is 572. The molecule has 0 saturated carbocycles. The second-order valence-electron chi connectivity index (χ2n) is 5.16. The average Bonchev–Trinajstić information content (AvgIpc) is 2.29. The van der Waals surface area contributed by atoms with Crippen LogP contribution in [0.3, 0.4) is 0 Å². The average molecular weight is 303 g/mol. The molecular formula is C13H19ClN2O2S. The predicted molar refractivity (Wildman–Crippen MR) is 79.5 cm³/mol. The Morgan fingerprint density at radius 3 is 2.68 bits per heavy atom. The maximum absolute atomic E-state index is 11.6. The highest BCUT2D eigenvalue weighted by atomic mass is 35.5. The van der Waals surface area contributed by atoms with E-state index in [1.807, 2.05) is 36.9 Å². The van der Waals surface area contributed by atoms with Gasteiger partial charge in [-0.25, -0.2) is 8.42 Å². The van der Waals surface area contributed by atoms with Gasteiger partial charge in [-0.05, 0) is 31.5 Å². The largest absolute Gasteiger partial charge is 0.366 e. The molecule has 0 amide bonds. The molecule has 2 unspecified atom stereocenters. The van der Waals surface area contributed by atoms with Crippen molar-refractivity contribution in [3.63, 3.8) is 0 Å². The lowest BCUT2D eigenvalue weighted by Gasteiger charge is -2.35. The van der Waals surface area contributed by atoms with E-state index in [0.717, 1.165) is 11.3 Å². The third kappa shape index (κ3) is 3.22. The van der Waals surface area contributed by atoms with E-state index in [2.05, 4.69) is 0 Å². The zero-order valence-corrected chi connectivity index (χ0v) is 12.7. The second kappa shape index (κ2) is 5.31. The highest BCUT2D eigenvalue weighted by Crippen LogP contribution is 2.31. The standard InChI is InChI=1S/C13H19ClN2O2S/c1-9-8-19(17,18)6-5-16(9)13-4-3-11(10(2)15)7-12(13)14/h3-4,7,9-10H,5-6,8,15H2,1-2H3. The third-order valence-corrected chi connectivity index (χ3v) is 5.57. The van der Waals surface area contributed by atoms with Crippen LogP contribution >= 0.6 is 11.6 Å². The Balaban J connectivity index is 2.28. The lowest BCUT2D eigenvalue weighted by atomic mass is 10.1. The molecule has 1 aromatic carbocycles. The van der Waals surface area contributed by atoms with Crippen molar-refractivity contribution in [2.45, 2.75) is 25.9 Å². The molecule has 0 bridgehead atoms. The first-order valence-corrected chi connectivity index (χ1v) is 8.52. The number of nitrogens with two attached hydrogens (primary N) is 1. The van der Waals surface area contributed by atoms with Crippen LogP contribution in [0, 0.1) is 0 Å². The zero-order chi connectivity index (χ0) is 14.2. The summed E-state index contributed by atoms with van der Waals surface area (Å²) in [5.74, 6) is 0.362. The number of hydrogen-bond donors (Lipinski definition) is 1. The Labute approximate surface area is 119 Å². The van der Waals surface area contributed by atoms with Crippen LogP contribution in [-0.4, -0.2) is 32.5 Å². The fraction of sp³-hybridized carbons (Fsp3) is 0.538. The number of nitrogens with zero attached hydrogens (tertiary/aromatic N) is 1. The maximum Gasteiger partial charge on any atom is 0.154 e. The maximum atomic E-state index is 11.6. The predicted octanol–water partition coefficient (Wildman–Crippen LogP) is 1.98. The number of hydrogen-bond acceptors (Lipinski definition) is 4. The van der Waals surface area contributed by atoms with Gasteiger partial charge >= 0.3 is 0 Å². The van der Waals surface area contributed by atoms with Crippen molar-refractivity contribution < 1.29 is 8.42 Å². The van der Waals surface area contributed by atoms with Gasteiger partial charge in [0.1, 0.15) is 0 Å². The van der Waals surface area contributed by atoms with Crippen molar-refractivity contribution >= 4 is 27.1 Å². The van der Waals surface area contributed by atoms with Crippen molar-refractivity contribution in [3.05, 3.63) is 28.8 Å². The summed E-state index contributed by atoms with van der Waals surface area (Å²) in [6, 6.07) is 5.61. The quantitative estimate of drug-likeness (QED) is 0.907. The molecule has 0 radical (unpaired) electrons. The summed E-state index contributed by atoms with van der Waals surface area (Å²) < 4.78 is 23.2. The Kier molecular flexibility index (Phi) is 4.08. The topological polar surface area (TPSA) is 63.4 Å². The first kappa shape index (κ1) is 14.6. The molecule has 1 saturated heterocycles. The minimum Gasteiger partial charge on any atom is -0.366 e. The van der Waals surface area contributed by atoms with Crippen LogP contribution in [0.15, 0.2) is 18.2 Å². The Morgan fingerprint density at radius 2 is 2.16 bits per heavy atom. The summed E-state index contributed by atoms with van der Waals surface area (Å²) in [7, 11) is -2.91. The third-order valence-electron chi connectivity index (χ3n) is 3.48. The minimum absolute atomic E-state index is 0.0580. The van der Waals surface area contributed by atoms with E-state index in [1.54, 1.807) is 0 Å². The van der Waals surface area contributed by atoms with Gasteiger partial charge in [-0.2, -0.15) is 0 Å². The van der Waals surface area contributed by atoms with Gasteiger partial charge in [0.15, 0.2) is 9.84 Å². The van der Waals surface area contributed by atoms with Gasteiger partial charge in [-0.3, -0.25) is 0 Å². The van der Waals surface area contributed by atoms with Crippen LogP contribution in [0.2, 0.25) is 5.02 Å². The first-order chi connectivity index (χ1) is 8.80. The van der Waals surface area contributed by atoms with Crippen molar-refractivity contribution in [2.24, 2.45) is 5.73 Å². The molecular weight excluding hydrogens is 284 g/mol.